The maximum absolute atomic E-state index is 12.9. The fraction of sp³-hybridized carbons (Fsp3) is 0.200. The van der Waals surface area contributed by atoms with Crippen LogP contribution in [0.2, 0.25) is 0 Å². The number of nitrogens with one attached hydrogen (secondary N) is 1. The van der Waals surface area contributed by atoms with E-state index in [9.17, 15) is 43.2 Å². The summed E-state index contributed by atoms with van der Waals surface area (Å²) in [5.41, 5.74) is -4.39. The molecule has 0 saturated heterocycles. The highest BCUT2D eigenvalue weighted by Crippen LogP contribution is 2.38. The Kier molecular flexibility index (Phi) is 5.47. The molecule has 0 atom stereocenters. The lowest BCUT2D eigenvalue weighted by atomic mass is 10.1. The van der Waals surface area contributed by atoms with E-state index in [-0.39, 0.29) is 18.2 Å². The van der Waals surface area contributed by atoms with Gasteiger partial charge in [0, 0.05) is 6.26 Å². The second-order valence-electron chi connectivity index (χ2n) is 5.65. The van der Waals surface area contributed by atoms with Crippen LogP contribution in [0.3, 0.4) is 0 Å². The highest BCUT2D eigenvalue weighted by molar-refractivity contribution is 7.93. The molecule has 0 heterocycles. The van der Waals surface area contributed by atoms with Crippen LogP contribution < -0.4 is 4.72 Å². The fourth-order valence-corrected chi connectivity index (χ4v) is 3.93. The molecule has 0 saturated carbocycles. The molecule has 0 aliphatic rings. The summed E-state index contributed by atoms with van der Waals surface area (Å²) in [6, 6.07) is 4.08. The van der Waals surface area contributed by atoms with Crippen molar-refractivity contribution in [1.29, 1.82) is 0 Å². The monoisotopic (exact) mass is 447 g/mol. The number of benzene rings is 2. The molecule has 0 unspecified atom stereocenters. The van der Waals surface area contributed by atoms with Crippen LogP contribution in [-0.4, -0.2) is 23.1 Å². The van der Waals surface area contributed by atoms with Gasteiger partial charge in [-0.15, -0.1) is 0 Å². The van der Waals surface area contributed by atoms with Crippen molar-refractivity contribution in [3.63, 3.8) is 0 Å². The minimum atomic E-state index is -5.16. The van der Waals surface area contributed by atoms with Gasteiger partial charge in [0.05, 0.1) is 26.6 Å². The average molecular weight is 447 g/mol. The van der Waals surface area contributed by atoms with Gasteiger partial charge >= 0.3 is 12.4 Å². The van der Waals surface area contributed by atoms with Crippen LogP contribution in [0, 0.1) is 0 Å². The molecule has 2 rings (SSSR count). The van der Waals surface area contributed by atoms with E-state index in [0.717, 1.165) is 30.5 Å². The summed E-state index contributed by atoms with van der Waals surface area (Å²) in [6.45, 7) is 0. The summed E-state index contributed by atoms with van der Waals surface area (Å²) in [5, 5.41) is 0. The van der Waals surface area contributed by atoms with Crippen LogP contribution in [0.15, 0.2) is 52.3 Å². The molecule has 0 aliphatic heterocycles. The molecule has 2 aromatic rings. The Bertz CT molecular complexity index is 1070. The molecule has 28 heavy (non-hydrogen) atoms. The normalized spacial score (nSPS) is 13.4. The van der Waals surface area contributed by atoms with Gasteiger partial charge in [-0.05, 0) is 36.4 Å². The molecule has 1 N–H and O–H groups in total. The van der Waals surface area contributed by atoms with Gasteiger partial charge in [-0.1, -0.05) is 6.07 Å². The number of sulfone groups is 1. The third kappa shape index (κ3) is 5.16. The van der Waals surface area contributed by atoms with E-state index in [1.807, 2.05) is 0 Å². The Morgan fingerprint density at radius 2 is 1.21 bits per heavy atom. The first-order chi connectivity index (χ1) is 12.5. The van der Waals surface area contributed by atoms with Crippen molar-refractivity contribution in [2.45, 2.75) is 22.1 Å². The summed E-state index contributed by atoms with van der Waals surface area (Å²) in [7, 11) is -8.47. The van der Waals surface area contributed by atoms with Crippen molar-refractivity contribution in [2.24, 2.45) is 0 Å². The van der Waals surface area contributed by atoms with Crippen molar-refractivity contribution in [2.75, 3.05) is 11.0 Å². The summed E-state index contributed by atoms with van der Waals surface area (Å²) < 4.78 is 127. The predicted octanol–water partition coefficient (Wildman–Crippen LogP) is 3.93. The number of halogens is 6. The van der Waals surface area contributed by atoms with E-state index in [1.165, 1.54) is 0 Å². The van der Waals surface area contributed by atoms with Gasteiger partial charge in [-0.2, -0.15) is 26.3 Å². The van der Waals surface area contributed by atoms with Crippen LogP contribution in [0.4, 0.5) is 32.0 Å². The Morgan fingerprint density at radius 1 is 0.750 bits per heavy atom. The zero-order valence-corrected chi connectivity index (χ0v) is 15.4. The molecule has 0 spiro atoms. The summed E-state index contributed by atoms with van der Waals surface area (Å²) in [4.78, 5) is -1.04. The van der Waals surface area contributed by atoms with Gasteiger partial charge in [-0.25, -0.2) is 16.8 Å². The van der Waals surface area contributed by atoms with Gasteiger partial charge in [-0.3, -0.25) is 4.72 Å². The van der Waals surface area contributed by atoms with Crippen molar-refractivity contribution < 1.29 is 43.2 Å². The lowest BCUT2D eigenvalue weighted by Crippen LogP contribution is -2.16. The van der Waals surface area contributed by atoms with E-state index in [1.54, 1.807) is 4.72 Å². The minimum absolute atomic E-state index is 0.151. The third-order valence-electron chi connectivity index (χ3n) is 3.38. The van der Waals surface area contributed by atoms with Crippen LogP contribution in [0.1, 0.15) is 11.1 Å². The topological polar surface area (TPSA) is 80.3 Å². The molecule has 0 bridgehead atoms. The molecule has 5 nitrogen and oxygen atoms in total. The quantitative estimate of drug-likeness (QED) is 0.721. The van der Waals surface area contributed by atoms with E-state index < -0.39 is 58.8 Å². The highest BCUT2D eigenvalue weighted by Gasteiger charge is 2.37. The summed E-state index contributed by atoms with van der Waals surface area (Å²) in [6.07, 6.45) is -9.51. The second kappa shape index (κ2) is 6.95. The first-order valence-electron chi connectivity index (χ1n) is 7.12. The van der Waals surface area contributed by atoms with E-state index in [0.29, 0.717) is 0 Å². The molecule has 0 fully saturated rings. The van der Waals surface area contributed by atoms with Gasteiger partial charge in [0.1, 0.15) is 0 Å². The Hall–Kier alpha value is -2.28. The maximum atomic E-state index is 12.9. The third-order valence-corrected chi connectivity index (χ3v) is 5.87. The molecule has 0 aromatic heterocycles. The maximum Gasteiger partial charge on any atom is 0.416 e. The number of hydrogen-bond acceptors (Lipinski definition) is 4. The number of sulfonamides is 1. The number of hydrogen-bond donors (Lipinski definition) is 1. The van der Waals surface area contributed by atoms with Crippen LogP contribution >= 0.6 is 0 Å². The predicted molar refractivity (Wildman–Crippen MR) is 86.8 cm³/mol. The largest absolute Gasteiger partial charge is 0.416 e. The summed E-state index contributed by atoms with van der Waals surface area (Å²) >= 11 is 0. The molecular formula is C15H11F6NO4S2. The van der Waals surface area contributed by atoms with Gasteiger partial charge in [0.25, 0.3) is 10.0 Å². The van der Waals surface area contributed by atoms with Crippen molar-refractivity contribution in [3.8, 4) is 0 Å². The molecule has 0 radical (unpaired) electrons. The molecular weight excluding hydrogens is 436 g/mol. The first-order valence-corrected chi connectivity index (χ1v) is 10.5. The molecule has 154 valence electrons. The van der Waals surface area contributed by atoms with Gasteiger partial charge in [0.15, 0.2) is 9.84 Å². The average Bonchev–Trinajstić information content (AvgIpc) is 2.52. The molecule has 13 heteroatoms. The van der Waals surface area contributed by atoms with Crippen molar-refractivity contribution >= 4 is 25.5 Å². The number of rotatable bonds is 4. The standard InChI is InChI=1S/C15H11F6NO4S2/c1-27(23,24)12-3-2-4-13(8-12)28(25,26)22-11-6-9(14(16,17)18)5-10(7-11)15(19,20)21/h2-8,22H,1H3. The Labute approximate surface area is 156 Å². The number of alkyl halides is 6. The van der Waals surface area contributed by atoms with Crippen LogP contribution in [0.25, 0.3) is 0 Å². The minimum Gasteiger partial charge on any atom is -0.280 e. The second-order valence-corrected chi connectivity index (χ2v) is 9.35. The molecule has 2 aromatic carbocycles. The number of anilines is 1. The van der Waals surface area contributed by atoms with Crippen LogP contribution in [0.5, 0.6) is 0 Å². The van der Waals surface area contributed by atoms with Gasteiger partial charge < -0.3 is 0 Å². The Morgan fingerprint density at radius 3 is 1.64 bits per heavy atom. The fourth-order valence-electron chi connectivity index (χ4n) is 2.10. The smallest absolute Gasteiger partial charge is 0.280 e. The van der Waals surface area contributed by atoms with E-state index in [2.05, 4.69) is 0 Å². The lowest BCUT2D eigenvalue weighted by Gasteiger charge is -2.15. The highest BCUT2D eigenvalue weighted by atomic mass is 32.2. The van der Waals surface area contributed by atoms with E-state index in [4.69, 9.17) is 0 Å². The molecule has 0 aliphatic carbocycles. The molecule has 0 amide bonds. The van der Waals surface area contributed by atoms with Crippen molar-refractivity contribution in [1.82, 2.24) is 0 Å². The van der Waals surface area contributed by atoms with Crippen LogP contribution in [-0.2, 0) is 32.2 Å². The summed E-state index contributed by atoms with van der Waals surface area (Å²) in [5.74, 6) is 0. The first kappa shape index (κ1) is 22.0. The Balaban J connectivity index is 2.55. The van der Waals surface area contributed by atoms with Gasteiger partial charge in [0.2, 0.25) is 0 Å². The lowest BCUT2D eigenvalue weighted by molar-refractivity contribution is -0.143. The SMILES string of the molecule is CS(=O)(=O)c1cccc(S(=O)(=O)Nc2cc(C(F)(F)F)cc(C(F)(F)F)c2)c1. The zero-order chi connectivity index (χ0) is 21.5. The zero-order valence-electron chi connectivity index (χ0n) is 13.8. The van der Waals surface area contributed by atoms with Crippen molar-refractivity contribution in [3.05, 3.63) is 53.6 Å². The van der Waals surface area contributed by atoms with E-state index >= 15 is 0 Å².